The number of rotatable bonds is 23. The highest BCUT2D eigenvalue weighted by Crippen LogP contribution is 2.36. The molecular weight excluding hydrogens is 1180 g/mol. The summed E-state index contributed by atoms with van der Waals surface area (Å²) in [5.41, 5.74) is 6.38. The number of H-pyrrole nitrogens is 1. The van der Waals surface area contributed by atoms with E-state index in [1.807, 2.05) is 0 Å². The first kappa shape index (κ1) is 70.3. The molecule has 5 rings (SSSR count). The van der Waals surface area contributed by atoms with E-state index < -0.39 is 194 Å². The zero-order chi connectivity index (χ0) is 64.2. The summed E-state index contributed by atoms with van der Waals surface area (Å²) in [6.07, 6.45) is -3.01. The van der Waals surface area contributed by atoms with Crippen molar-refractivity contribution in [1.82, 2.24) is 57.7 Å². The number of hydrogen-bond acceptors (Lipinski definition) is 18. The maximum Gasteiger partial charge on any atom is 0.304 e. The summed E-state index contributed by atoms with van der Waals surface area (Å²) in [5.74, 6) is -13.1. The quantitative estimate of drug-likeness (QED) is 0.0470. The molecule has 1 fully saturated rings. The number of carboxylic acid groups (broad SMARTS) is 1. The second-order valence-corrected chi connectivity index (χ2v) is 24.5. The second-order valence-electron chi connectivity index (χ2n) is 21.9. The van der Waals surface area contributed by atoms with Crippen molar-refractivity contribution in [1.29, 1.82) is 0 Å². The zero-order valence-corrected chi connectivity index (χ0v) is 50.9. The average Bonchev–Trinajstić information content (AvgIpc) is 1.67. The van der Waals surface area contributed by atoms with Crippen molar-refractivity contribution in [2.75, 3.05) is 57.9 Å². The van der Waals surface area contributed by atoms with E-state index in [0.717, 1.165) is 4.90 Å². The fourth-order valence-corrected chi connectivity index (χ4v) is 12.4. The van der Waals surface area contributed by atoms with Crippen LogP contribution < -0.4 is 58.3 Å². The third kappa shape index (κ3) is 20.1. The average molecular weight is 1260 g/mol. The monoisotopic (exact) mass is 1260 g/mol. The molecule has 0 spiro atoms. The number of aromatic amines is 1. The molecule has 482 valence electrons. The lowest BCUT2D eigenvalue weighted by Crippen LogP contribution is -2.62. The van der Waals surface area contributed by atoms with Crippen LogP contribution in [0.1, 0.15) is 96.6 Å². The van der Waals surface area contributed by atoms with Crippen LogP contribution in [-0.4, -0.2) is 212 Å². The lowest BCUT2D eigenvalue weighted by molar-refractivity contribution is -0.143. The van der Waals surface area contributed by atoms with Gasteiger partial charge in [-0.2, -0.15) is 11.8 Å². The molecule has 1 aromatic heterocycles. The summed E-state index contributed by atoms with van der Waals surface area (Å²) >= 11 is 1.37. The van der Waals surface area contributed by atoms with Gasteiger partial charge in [0.1, 0.15) is 47.0 Å². The Morgan fingerprint density at radius 2 is 1.54 bits per heavy atom. The van der Waals surface area contributed by atoms with Crippen LogP contribution in [0.5, 0.6) is 5.75 Å². The summed E-state index contributed by atoms with van der Waals surface area (Å²) in [7, 11) is -1.05. The van der Waals surface area contributed by atoms with Crippen molar-refractivity contribution >= 4 is 104 Å². The highest BCUT2D eigenvalue weighted by Gasteiger charge is 2.45. The molecule has 1 aromatic carbocycles. The van der Waals surface area contributed by atoms with Crippen LogP contribution in [0.25, 0.3) is 10.9 Å². The number of aliphatic hydroxyl groups is 3. The van der Waals surface area contributed by atoms with Crippen molar-refractivity contribution in [2.24, 2.45) is 23.5 Å². The summed E-state index contributed by atoms with van der Waals surface area (Å²) in [6.45, 7) is 3.79. The Morgan fingerprint density at radius 3 is 2.21 bits per heavy atom. The Kier molecular flexibility index (Phi) is 27.2. The van der Waals surface area contributed by atoms with Crippen molar-refractivity contribution in [3.63, 3.8) is 0 Å². The molecule has 0 aliphatic carbocycles. The maximum atomic E-state index is 15.3. The van der Waals surface area contributed by atoms with Crippen molar-refractivity contribution in [3.05, 3.63) is 23.3 Å². The SMILES string of the molecule is CC[C@H](C)[C@@H]1NC(=O)CNC(=O)[C@@H]2Cc3c([nH]c4c(CSCCNC(=O)CCCCCNC(=O)C(C)CC(=O)O)c(OC)ccc34)S(=O)C[C@H](NC(=O)CNC1=O)C(=O)N[C@@H](CCC(N)=O)C(=O)N1C[C@H](O)C[C@H]1C(=O)N[C@@H]([C@@H](C)[C@@H](O)CO)C(=O)N2. The van der Waals surface area contributed by atoms with Gasteiger partial charge in [-0.25, -0.2) is 0 Å². The van der Waals surface area contributed by atoms with Crippen LogP contribution in [0.3, 0.4) is 0 Å². The standard InChI is InChI=1S/C55H82N12O18S2/c1-6-27(2)45-52(81)60-21-42(73)61-36-26-87(84)54-32(31-11-13-39(85-5)33(47(31)66-54)25-86-17-16-57-41(72)10-8-7-9-15-58-48(77)28(3)18-44(75)76)20-35(49(78)59-22-43(74)64-45)63-53(82)46(29(4)38(70)24-68)65-51(80)37-19-30(69)23-67(37)55(83)34(62-50(36)79)12-14-40(56)71/h11,13,27-30,34-38,45-46,66,68-70H,6-10,12,14-26H2,1-5H3,(H2,56,71)(H,57,72)(H,58,77)(H,59,78)(H,60,81)(H,61,73)(H,62,79)(H,63,82)(H,64,74)(H,65,80)(H,75,76)/t27-,28?,29-,30+,34-,35-,36-,37-,38-,45-,46-,87?/m0/s1. The molecule has 12 atom stereocenters. The first-order valence-corrected chi connectivity index (χ1v) is 31.3. The number of benzene rings is 1. The molecule has 4 heterocycles. The van der Waals surface area contributed by atoms with Gasteiger partial charge in [-0.05, 0) is 42.9 Å². The van der Waals surface area contributed by atoms with Crippen LogP contribution in [0, 0.1) is 17.8 Å². The van der Waals surface area contributed by atoms with Gasteiger partial charge >= 0.3 is 5.97 Å². The smallest absolute Gasteiger partial charge is 0.304 e. The van der Waals surface area contributed by atoms with Crippen LogP contribution in [0.2, 0.25) is 0 Å². The number of hydrogen-bond donors (Lipinski definition) is 15. The fourth-order valence-electron chi connectivity index (χ4n) is 10.1. The highest BCUT2D eigenvalue weighted by molar-refractivity contribution is 7.98. The predicted octanol–water partition coefficient (Wildman–Crippen LogP) is -4.09. The largest absolute Gasteiger partial charge is 0.496 e. The minimum atomic E-state index is -2.45. The number of amides is 11. The first-order valence-electron chi connectivity index (χ1n) is 28.8. The maximum absolute atomic E-state index is 15.3. The van der Waals surface area contributed by atoms with Crippen molar-refractivity contribution < 1.29 is 86.9 Å². The molecule has 87 heavy (non-hydrogen) atoms. The zero-order valence-electron chi connectivity index (χ0n) is 49.3. The number of carbonyl (C=O) groups excluding carboxylic acids is 11. The van der Waals surface area contributed by atoms with Gasteiger partial charge in [0, 0.05) is 79.6 Å². The van der Waals surface area contributed by atoms with Crippen molar-refractivity contribution in [3.8, 4) is 5.75 Å². The molecule has 2 bridgehead atoms. The number of unbranched alkanes of at least 4 members (excludes halogenated alkanes) is 2. The Bertz CT molecular complexity index is 2890. The van der Waals surface area contributed by atoms with Crippen LogP contribution in [0.15, 0.2) is 17.2 Å². The normalized spacial score (nSPS) is 24.3. The number of fused-ring (bicyclic) bond motifs is 5. The Hall–Kier alpha value is -7.42. The molecular formula is C55H82N12O18S2. The second kappa shape index (κ2) is 33.6. The number of nitrogens with one attached hydrogen (secondary N) is 10. The summed E-state index contributed by atoms with van der Waals surface area (Å²) in [5, 5.41) is 64.2. The van der Waals surface area contributed by atoms with Gasteiger partial charge in [0.2, 0.25) is 65.0 Å². The number of methoxy groups -OCH3 is 1. The van der Waals surface area contributed by atoms with Crippen molar-refractivity contribution in [2.45, 2.75) is 151 Å². The highest BCUT2D eigenvalue weighted by atomic mass is 32.2. The molecule has 32 heteroatoms. The van der Waals surface area contributed by atoms with Crippen LogP contribution in [-0.2, 0) is 80.5 Å². The number of aromatic nitrogens is 1. The van der Waals surface area contributed by atoms with Gasteiger partial charge in [-0.1, -0.05) is 40.5 Å². The van der Waals surface area contributed by atoms with E-state index >= 15 is 4.21 Å². The molecule has 1 saturated heterocycles. The Labute approximate surface area is 508 Å². The van der Waals surface area contributed by atoms with Gasteiger partial charge in [-0.15, -0.1) is 0 Å². The molecule has 3 aliphatic heterocycles. The topological polar surface area (TPSA) is 465 Å². The minimum absolute atomic E-state index is 0.0930. The summed E-state index contributed by atoms with van der Waals surface area (Å²) in [4.78, 5) is 167. The molecule has 0 radical (unpaired) electrons. The van der Waals surface area contributed by atoms with E-state index in [2.05, 4.69) is 52.8 Å². The number of carbonyl (C=O) groups is 12. The molecule has 2 unspecified atom stereocenters. The van der Waals surface area contributed by atoms with E-state index in [0.29, 0.717) is 60.2 Å². The molecule has 3 aliphatic rings. The molecule has 0 saturated carbocycles. The Balaban J connectivity index is 1.60. The van der Waals surface area contributed by atoms with Gasteiger partial charge < -0.3 is 88.6 Å². The number of thioether (sulfide) groups is 1. The van der Waals surface area contributed by atoms with Crippen LogP contribution in [0.4, 0.5) is 0 Å². The summed E-state index contributed by atoms with van der Waals surface area (Å²) < 4.78 is 21.1. The number of aliphatic hydroxyl groups excluding tert-OH is 3. The lowest BCUT2D eigenvalue weighted by atomic mass is 9.93. The Morgan fingerprint density at radius 1 is 0.839 bits per heavy atom. The lowest BCUT2D eigenvalue weighted by Gasteiger charge is -2.33. The van der Waals surface area contributed by atoms with Gasteiger partial charge in [0.25, 0.3) is 0 Å². The van der Waals surface area contributed by atoms with Gasteiger partial charge in [-0.3, -0.25) is 61.7 Å². The molecule has 11 amide bonds. The third-order valence-electron chi connectivity index (χ3n) is 15.4. The molecule has 16 N–H and O–H groups in total. The van der Waals surface area contributed by atoms with E-state index in [-0.39, 0.29) is 47.5 Å². The minimum Gasteiger partial charge on any atom is -0.496 e. The van der Waals surface area contributed by atoms with E-state index in [1.54, 1.807) is 26.0 Å². The third-order valence-corrected chi connectivity index (χ3v) is 17.8. The van der Waals surface area contributed by atoms with E-state index in [9.17, 15) is 72.9 Å². The fraction of sp³-hybridized carbons (Fsp3) is 0.636. The number of nitrogens with zero attached hydrogens (tertiary/aromatic N) is 1. The summed E-state index contributed by atoms with van der Waals surface area (Å²) in [6, 6.07) is -6.79. The number of aliphatic carboxylic acids is 1. The van der Waals surface area contributed by atoms with Gasteiger partial charge in [0.05, 0.1) is 67.5 Å². The number of carboxylic acids is 1. The predicted molar refractivity (Wildman–Crippen MR) is 314 cm³/mol. The molecule has 2 aromatic rings. The van der Waals surface area contributed by atoms with Crippen LogP contribution >= 0.6 is 11.8 Å². The number of primary amides is 1. The number of ether oxygens (including phenoxy) is 1. The van der Waals surface area contributed by atoms with E-state index in [1.165, 1.54) is 32.7 Å². The van der Waals surface area contributed by atoms with Gasteiger partial charge in [0.15, 0.2) is 0 Å². The number of nitrogens with two attached hydrogens (primary N) is 1. The first-order chi connectivity index (χ1) is 41.3. The van der Waals surface area contributed by atoms with E-state index in [4.69, 9.17) is 15.6 Å². The molecule has 30 nitrogen and oxygen atoms in total.